The monoisotopic (exact) mass is 462 g/mol. The molecule has 5 rings (SSSR count). The number of hydrogen-bond donors (Lipinski definition) is 1. The van der Waals surface area contributed by atoms with Gasteiger partial charge in [0.15, 0.2) is 0 Å². The van der Waals surface area contributed by atoms with E-state index >= 15 is 0 Å². The largest absolute Gasteiger partial charge is 0.398 e. The third-order valence-electron chi connectivity index (χ3n) is 6.88. The standard InChI is InChI=1S/C25H30N6O3/c1-16(32)30-9-6-23(28-17-7-10-34-11-8-17)22(14-30)24(26)19-4-3-5-20-21(19)15-31(25(20)33)18-12-27-29(2)13-18/h3-5,12-13,17H,6-11,14-15,26H2,1-2H3. The molecule has 0 radical (unpaired) electrons. The molecule has 2 saturated heterocycles. The Morgan fingerprint density at radius 2 is 2.03 bits per heavy atom. The summed E-state index contributed by atoms with van der Waals surface area (Å²) >= 11 is 0. The van der Waals surface area contributed by atoms with Gasteiger partial charge in [-0.05, 0) is 24.5 Å². The van der Waals surface area contributed by atoms with E-state index in [2.05, 4.69) is 5.10 Å². The van der Waals surface area contributed by atoms with Gasteiger partial charge in [0.2, 0.25) is 5.91 Å². The van der Waals surface area contributed by atoms with Gasteiger partial charge < -0.3 is 20.3 Å². The molecule has 3 aliphatic heterocycles. The molecule has 9 heteroatoms. The van der Waals surface area contributed by atoms with Crippen molar-refractivity contribution < 1.29 is 14.3 Å². The van der Waals surface area contributed by atoms with E-state index in [9.17, 15) is 9.59 Å². The molecule has 2 amide bonds. The Morgan fingerprint density at radius 3 is 2.74 bits per heavy atom. The molecule has 34 heavy (non-hydrogen) atoms. The van der Waals surface area contributed by atoms with Gasteiger partial charge in [0.05, 0.1) is 24.5 Å². The number of piperidine rings is 1. The number of aryl methyl sites for hydroxylation is 1. The number of nitrogens with zero attached hydrogens (tertiary/aromatic N) is 5. The minimum atomic E-state index is -0.0623. The van der Waals surface area contributed by atoms with Gasteiger partial charge in [-0.2, -0.15) is 5.10 Å². The van der Waals surface area contributed by atoms with Crippen LogP contribution in [0, 0.1) is 0 Å². The van der Waals surface area contributed by atoms with Crippen molar-refractivity contribution >= 4 is 28.9 Å². The van der Waals surface area contributed by atoms with Crippen LogP contribution in [-0.2, 0) is 23.1 Å². The fourth-order valence-corrected chi connectivity index (χ4v) is 4.94. The summed E-state index contributed by atoms with van der Waals surface area (Å²) in [6, 6.07) is 5.88. The molecule has 178 valence electrons. The summed E-state index contributed by atoms with van der Waals surface area (Å²) in [5.41, 5.74) is 12.4. The van der Waals surface area contributed by atoms with Crippen molar-refractivity contribution in [2.75, 3.05) is 31.2 Å². The molecule has 0 saturated carbocycles. The van der Waals surface area contributed by atoms with Crippen molar-refractivity contribution in [2.24, 2.45) is 17.8 Å². The Morgan fingerprint density at radius 1 is 1.24 bits per heavy atom. The number of hydrogen-bond acceptors (Lipinski definition) is 6. The molecule has 0 bridgehead atoms. The highest BCUT2D eigenvalue weighted by Gasteiger charge is 2.33. The smallest absolute Gasteiger partial charge is 0.259 e. The lowest BCUT2D eigenvalue weighted by Gasteiger charge is -2.31. The third kappa shape index (κ3) is 4.11. The van der Waals surface area contributed by atoms with Crippen LogP contribution >= 0.6 is 0 Å². The zero-order valence-corrected chi connectivity index (χ0v) is 19.7. The van der Waals surface area contributed by atoms with Crippen LogP contribution in [-0.4, -0.2) is 64.6 Å². The fourth-order valence-electron chi connectivity index (χ4n) is 4.94. The lowest BCUT2D eigenvalue weighted by atomic mass is 9.92. The minimum absolute atomic E-state index is 0.0200. The Kier molecular flexibility index (Phi) is 5.95. The van der Waals surface area contributed by atoms with Crippen molar-refractivity contribution in [1.82, 2.24) is 14.7 Å². The molecule has 0 unspecified atom stereocenters. The SMILES string of the molecule is CC(=O)N1CCC(=NC2CCOCC2)C(=C(N)c2cccc3c2CN(c2cnn(C)c2)C3=O)C1. The van der Waals surface area contributed by atoms with E-state index in [1.165, 1.54) is 0 Å². The first-order valence-electron chi connectivity index (χ1n) is 11.7. The second kappa shape index (κ2) is 9.06. The van der Waals surface area contributed by atoms with Crippen molar-refractivity contribution in [3.63, 3.8) is 0 Å². The van der Waals surface area contributed by atoms with E-state index in [1.54, 1.807) is 22.7 Å². The van der Waals surface area contributed by atoms with Crippen LogP contribution in [0.5, 0.6) is 0 Å². The van der Waals surface area contributed by atoms with E-state index in [-0.39, 0.29) is 17.9 Å². The molecule has 0 aliphatic carbocycles. The lowest BCUT2D eigenvalue weighted by Crippen LogP contribution is -2.40. The number of ether oxygens (including phenoxy) is 1. The maximum Gasteiger partial charge on any atom is 0.259 e. The number of carbonyl (C=O) groups excluding carboxylic acids is 2. The van der Waals surface area contributed by atoms with E-state index in [0.717, 1.165) is 40.9 Å². The van der Waals surface area contributed by atoms with Crippen LogP contribution < -0.4 is 10.6 Å². The lowest BCUT2D eigenvalue weighted by molar-refractivity contribution is -0.128. The molecule has 2 N–H and O–H groups in total. The first-order valence-corrected chi connectivity index (χ1v) is 11.7. The highest BCUT2D eigenvalue weighted by molar-refractivity contribution is 6.12. The first kappa shape index (κ1) is 22.3. The Labute approximate surface area is 198 Å². The molecule has 3 aliphatic rings. The molecule has 4 heterocycles. The number of nitrogens with two attached hydrogens (primary N) is 1. The summed E-state index contributed by atoms with van der Waals surface area (Å²) < 4.78 is 7.17. The van der Waals surface area contributed by atoms with Gasteiger partial charge in [-0.1, -0.05) is 12.1 Å². The molecule has 0 spiro atoms. The number of aliphatic imine (C=N–C) groups is 1. The molecule has 2 fully saturated rings. The van der Waals surface area contributed by atoms with Crippen molar-refractivity contribution in [2.45, 2.75) is 38.8 Å². The zero-order chi connectivity index (χ0) is 23.8. The average molecular weight is 463 g/mol. The van der Waals surface area contributed by atoms with Crippen LogP contribution in [0.15, 0.2) is 41.2 Å². The number of rotatable bonds is 3. The van der Waals surface area contributed by atoms with Gasteiger partial charge in [0.1, 0.15) is 0 Å². The number of likely N-dealkylation sites (tertiary alicyclic amines) is 1. The second-order valence-electron chi connectivity index (χ2n) is 9.10. The summed E-state index contributed by atoms with van der Waals surface area (Å²) in [5, 5.41) is 4.21. The van der Waals surface area contributed by atoms with Gasteiger partial charge in [-0.3, -0.25) is 19.3 Å². The maximum absolute atomic E-state index is 13.2. The Balaban J connectivity index is 1.55. The van der Waals surface area contributed by atoms with Crippen molar-refractivity contribution in [3.8, 4) is 0 Å². The predicted molar refractivity (Wildman–Crippen MR) is 129 cm³/mol. The number of benzene rings is 1. The number of amides is 2. The minimum Gasteiger partial charge on any atom is -0.398 e. The van der Waals surface area contributed by atoms with Crippen molar-refractivity contribution in [1.29, 1.82) is 0 Å². The summed E-state index contributed by atoms with van der Waals surface area (Å²) in [4.78, 5) is 33.9. The Bertz CT molecular complexity index is 1190. The number of carbonyl (C=O) groups is 2. The zero-order valence-electron chi connectivity index (χ0n) is 19.7. The molecule has 1 aromatic heterocycles. The highest BCUT2D eigenvalue weighted by Crippen LogP contribution is 2.34. The third-order valence-corrected chi connectivity index (χ3v) is 6.88. The van der Waals surface area contributed by atoms with Gasteiger partial charge >= 0.3 is 0 Å². The number of aromatic nitrogens is 2. The Hall–Kier alpha value is -3.46. The normalized spacial score (nSPS) is 21.8. The van der Waals surface area contributed by atoms with Gasteiger partial charge in [-0.25, -0.2) is 0 Å². The van der Waals surface area contributed by atoms with Crippen LogP contribution in [0.4, 0.5) is 5.69 Å². The summed E-state index contributed by atoms with van der Waals surface area (Å²) in [7, 11) is 1.83. The number of fused-ring (bicyclic) bond motifs is 1. The van der Waals surface area contributed by atoms with Crippen LogP contribution in [0.3, 0.4) is 0 Å². The van der Waals surface area contributed by atoms with Crippen LogP contribution in [0.25, 0.3) is 5.70 Å². The first-order chi connectivity index (χ1) is 16.4. The second-order valence-corrected chi connectivity index (χ2v) is 9.10. The molecular weight excluding hydrogens is 432 g/mol. The highest BCUT2D eigenvalue weighted by atomic mass is 16.5. The van der Waals surface area contributed by atoms with Crippen LogP contribution in [0.1, 0.15) is 47.7 Å². The summed E-state index contributed by atoms with van der Waals surface area (Å²) in [6.07, 6.45) is 5.97. The van der Waals surface area contributed by atoms with E-state index < -0.39 is 0 Å². The molecule has 2 aromatic rings. The maximum atomic E-state index is 13.2. The fraction of sp³-hybridized carbons (Fsp3) is 0.440. The van der Waals surface area contributed by atoms with Gasteiger partial charge in [0, 0.05) is 81.0 Å². The average Bonchev–Trinajstić information content (AvgIpc) is 3.42. The molecule has 9 nitrogen and oxygen atoms in total. The summed E-state index contributed by atoms with van der Waals surface area (Å²) in [5.74, 6) is -0.0422. The number of anilines is 1. The quantitative estimate of drug-likeness (QED) is 0.752. The van der Waals surface area contributed by atoms with E-state index in [4.69, 9.17) is 15.5 Å². The predicted octanol–water partition coefficient (Wildman–Crippen LogP) is 2.12. The molecular formula is C25H30N6O3. The molecule has 1 aromatic carbocycles. The van der Waals surface area contributed by atoms with Gasteiger partial charge in [-0.15, -0.1) is 0 Å². The van der Waals surface area contributed by atoms with E-state index in [1.807, 2.05) is 36.3 Å². The topological polar surface area (TPSA) is 106 Å². The summed E-state index contributed by atoms with van der Waals surface area (Å²) in [6.45, 7) is 4.50. The molecule has 0 atom stereocenters. The van der Waals surface area contributed by atoms with E-state index in [0.29, 0.717) is 50.5 Å². The van der Waals surface area contributed by atoms with Crippen LogP contribution in [0.2, 0.25) is 0 Å². The van der Waals surface area contributed by atoms with Crippen molar-refractivity contribution in [3.05, 3.63) is 52.9 Å². The van der Waals surface area contributed by atoms with Gasteiger partial charge in [0.25, 0.3) is 5.91 Å².